The Balaban J connectivity index is 2.67. The molecule has 15 heavy (non-hydrogen) atoms. The highest BCUT2D eigenvalue weighted by Crippen LogP contribution is 2.20. The van der Waals surface area contributed by atoms with Crippen LogP contribution in [0.2, 0.25) is 0 Å². The average molecular weight is 269 g/mol. The van der Waals surface area contributed by atoms with Crippen LogP contribution in [0.3, 0.4) is 0 Å². The SMILES string of the molecule is CNC(C)(C)c1nnc2ccc(Br)cn12. The lowest BCUT2D eigenvalue weighted by Crippen LogP contribution is -2.35. The van der Waals surface area contributed by atoms with Crippen molar-refractivity contribution in [2.24, 2.45) is 0 Å². The third-order valence-electron chi connectivity index (χ3n) is 2.55. The molecule has 80 valence electrons. The summed E-state index contributed by atoms with van der Waals surface area (Å²) in [5, 5.41) is 11.6. The summed E-state index contributed by atoms with van der Waals surface area (Å²) in [4.78, 5) is 0. The number of hydrogen-bond acceptors (Lipinski definition) is 3. The number of hydrogen-bond donors (Lipinski definition) is 1. The van der Waals surface area contributed by atoms with E-state index < -0.39 is 0 Å². The minimum absolute atomic E-state index is 0.194. The van der Waals surface area contributed by atoms with Crippen molar-refractivity contribution < 1.29 is 0 Å². The molecule has 0 saturated heterocycles. The third kappa shape index (κ3) is 1.77. The molecule has 0 saturated carbocycles. The fraction of sp³-hybridized carbons (Fsp3) is 0.400. The van der Waals surface area contributed by atoms with Gasteiger partial charge in [-0.15, -0.1) is 10.2 Å². The van der Waals surface area contributed by atoms with Crippen LogP contribution in [0.25, 0.3) is 5.65 Å². The van der Waals surface area contributed by atoms with Gasteiger partial charge in [0.05, 0.1) is 5.54 Å². The van der Waals surface area contributed by atoms with Gasteiger partial charge in [-0.3, -0.25) is 4.40 Å². The van der Waals surface area contributed by atoms with Gasteiger partial charge in [0.2, 0.25) is 0 Å². The molecule has 0 aliphatic heterocycles. The largest absolute Gasteiger partial charge is 0.308 e. The zero-order chi connectivity index (χ0) is 11.1. The Morgan fingerprint density at radius 3 is 2.73 bits per heavy atom. The molecule has 0 spiro atoms. The summed E-state index contributed by atoms with van der Waals surface area (Å²) in [7, 11) is 1.92. The van der Waals surface area contributed by atoms with Gasteiger partial charge in [0.25, 0.3) is 0 Å². The quantitative estimate of drug-likeness (QED) is 0.906. The van der Waals surface area contributed by atoms with E-state index in [9.17, 15) is 0 Å². The van der Waals surface area contributed by atoms with Crippen molar-refractivity contribution in [3.05, 3.63) is 28.6 Å². The van der Waals surface area contributed by atoms with Crippen molar-refractivity contribution in [2.75, 3.05) is 7.05 Å². The molecule has 0 unspecified atom stereocenters. The van der Waals surface area contributed by atoms with Gasteiger partial charge in [-0.2, -0.15) is 0 Å². The van der Waals surface area contributed by atoms with E-state index in [0.717, 1.165) is 15.9 Å². The zero-order valence-corrected chi connectivity index (χ0v) is 10.5. The molecule has 0 aromatic carbocycles. The lowest BCUT2D eigenvalue weighted by molar-refractivity contribution is 0.413. The van der Waals surface area contributed by atoms with Gasteiger partial charge in [-0.1, -0.05) is 0 Å². The van der Waals surface area contributed by atoms with Crippen LogP contribution in [-0.2, 0) is 5.54 Å². The molecule has 0 bridgehead atoms. The van der Waals surface area contributed by atoms with E-state index in [2.05, 4.69) is 45.3 Å². The molecular weight excluding hydrogens is 256 g/mol. The third-order valence-corrected chi connectivity index (χ3v) is 3.02. The standard InChI is InChI=1S/C10H13BrN4/c1-10(2,12-3)9-14-13-8-5-4-7(11)6-15(8)9/h4-6,12H,1-3H3. The summed E-state index contributed by atoms with van der Waals surface area (Å²) in [6, 6.07) is 3.90. The highest BCUT2D eigenvalue weighted by molar-refractivity contribution is 9.10. The lowest BCUT2D eigenvalue weighted by Gasteiger charge is -2.21. The normalized spacial score (nSPS) is 12.3. The molecule has 0 radical (unpaired) electrons. The Hall–Kier alpha value is -0.940. The van der Waals surface area contributed by atoms with E-state index >= 15 is 0 Å². The van der Waals surface area contributed by atoms with Crippen molar-refractivity contribution in [2.45, 2.75) is 19.4 Å². The van der Waals surface area contributed by atoms with Crippen LogP contribution < -0.4 is 5.32 Å². The monoisotopic (exact) mass is 268 g/mol. The van der Waals surface area contributed by atoms with Gasteiger partial charge in [-0.25, -0.2) is 0 Å². The summed E-state index contributed by atoms with van der Waals surface area (Å²) < 4.78 is 3.00. The molecule has 4 nitrogen and oxygen atoms in total. The van der Waals surface area contributed by atoms with Gasteiger partial charge in [0.15, 0.2) is 11.5 Å². The molecule has 0 aliphatic carbocycles. The van der Waals surface area contributed by atoms with Gasteiger partial charge in [0.1, 0.15) is 0 Å². The van der Waals surface area contributed by atoms with Crippen LogP contribution in [0.1, 0.15) is 19.7 Å². The van der Waals surface area contributed by atoms with E-state index in [1.165, 1.54) is 0 Å². The Kier molecular flexibility index (Phi) is 2.52. The topological polar surface area (TPSA) is 42.2 Å². The lowest BCUT2D eigenvalue weighted by atomic mass is 10.1. The second-order valence-corrected chi connectivity index (χ2v) is 4.89. The fourth-order valence-corrected chi connectivity index (χ4v) is 1.74. The van der Waals surface area contributed by atoms with Crippen LogP contribution in [0.15, 0.2) is 22.8 Å². The number of nitrogens with zero attached hydrogens (tertiary/aromatic N) is 3. The number of fused-ring (bicyclic) bond motifs is 1. The predicted molar refractivity (Wildman–Crippen MR) is 62.8 cm³/mol. The molecule has 2 rings (SSSR count). The Bertz CT molecular complexity index is 489. The van der Waals surface area contributed by atoms with E-state index in [-0.39, 0.29) is 5.54 Å². The van der Waals surface area contributed by atoms with Gasteiger partial charge < -0.3 is 5.32 Å². The molecule has 5 heteroatoms. The summed E-state index contributed by atoms with van der Waals surface area (Å²) in [6.45, 7) is 4.15. The maximum atomic E-state index is 4.21. The second-order valence-electron chi connectivity index (χ2n) is 3.97. The number of pyridine rings is 1. The highest BCUT2D eigenvalue weighted by Gasteiger charge is 2.24. The van der Waals surface area contributed by atoms with Crippen LogP contribution >= 0.6 is 15.9 Å². The molecule has 2 heterocycles. The van der Waals surface area contributed by atoms with Crippen molar-refractivity contribution in [1.82, 2.24) is 19.9 Å². The van der Waals surface area contributed by atoms with Crippen LogP contribution in [0.4, 0.5) is 0 Å². The smallest absolute Gasteiger partial charge is 0.160 e. The molecule has 0 fully saturated rings. The highest BCUT2D eigenvalue weighted by atomic mass is 79.9. The van der Waals surface area contributed by atoms with Crippen molar-refractivity contribution in [1.29, 1.82) is 0 Å². The molecule has 2 aromatic rings. The van der Waals surface area contributed by atoms with E-state index in [1.54, 1.807) is 0 Å². The van der Waals surface area contributed by atoms with Crippen molar-refractivity contribution in [3.63, 3.8) is 0 Å². The average Bonchev–Trinajstić information content (AvgIpc) is 2.61. The van der Waals surface area contributed by atoms with Crippen LogP contribution in [0, 0.1) is 0 Å². The molecule has 2 aromatic heterocycles. The first-order valence-corrected chi connectivity index (χ1v) is 5.53. The maximum absolute atomic E-state index is 4.21. The number of halogens is 1. The van der Waals surface area contributed by atoms with E-state index in [1.807, 2.05) is 29.8 Å². The van der Waals surface area contributed by atoms with Crippen molar-refractivity contribution >= 4 is 21.6 Å². The maximum Gasteiger partial charge on any atom is 0.160 e. The Morgan fingerprint density at radius 1 is 1.33 bits per heavy atom. The van der Waals surface area contributed by atoms with Crippen molar-refractivity contribution in [3.8, 4) is 0 Å². The minimum atomic E-state index is -0.194. The predicted octanol–water partition coefficient (Wildman–Crippen LogP) is 1.95. The summed E-state index contributed by atoms with van der Waals surface area (Å²) >= 11 is 3.44. The number of rotatable bonds is 2. The van der Waals surface area contributed by atoms with Gasteiger partial charge in [-0.05, 0) is 49.0 Å². The molecule has 0 atom stereocenters. The van der Waals surface area contributed by atoms with E-state index in [4.69, 9.17) is 0 Å². The van der Waals surface area contributed by atoms with Gasteiger partial charge in [0, 0.05) is 10.7 Å². The molecule has 0 aliphatic rings. The second kappa shape index (κ2) is 3.57. The first-order valence-electron chi connectivity index (χ1n) is 4.74. The zero-order valence-electron chi connectivity index (χ0n) is 8.95. The summed E-state index contributed by atoms with van der Waals surface area (Å²) in [5.41, 5.74) is 0.664. The summed E-state index contributed by atoms with van der Waals surface area (Å²) in [5.74, 6) is 0.904. The molecular formula is C10H13BrN4. The first-order chi connectivity index (χ1) is 7.04. The van der Waals surface area contributed by atoms with Crippen LogP contribution in [0.5, 0.6) is 0 Å². The Labute approximate surface area is 96.8 Å². The summed E-state index contributed by atoms with van der Waals surface area (Å²) in [6.07, 6.45) is 1.98. The van der Waals surface area contributed by atoms with Gasteiger partial charge >= 0.3 is 0 Å². The number of aromatic nitrogens is 3. The van der Waals surface area contributed by atoms with E-state index in [0.29, 0.717) is 0 Å². The first kappa shape index (κ1) is 10.6. The minimum Gasteiger partial charge on any atom is -0.308 e. The van der Waals surface area contributed by atoms with Crippen LogP contribution in [-0.4, -0.2) is 21.6 Å². The fourth-order valence-electron chi connectivity index (χ4n) is 1.40. The molecule has 0 amide bonds. The Morgan fingerprint density at radius 2 is 2.07 bits per heavy atom. The molecule has 1 N–H and O–H groups in total. The number of nitrogens with one attached hydrogen (secondary N) is 1.